The summed E-state index contributed by atoms with van der Waals surface area (Å²) in [4.78, 5) is 9.32. The van der Waals surface area contributed by atoms with E-state index in [0.29, 0.717) is 5.75 Å². The molecule has 0 aliphatic carbocycles. The summed E-state index contributed by atoms with van der Waals surface area (Å²) in [7, 11) is 0. The molecule has 0 heterocycles. The van der Waals surface area contributed by atoms with E-state index in [1.54, 1.807) is 37.3 Å². The van der Waals surface area contributed by atoms with Crippen molar-refractivity contribution in [2.75, 3.05) is 0 Å². The average molecular weight is 164 g/mol. The summed E-state index contributed by atoms with van der Waals surface area (Å²) >= 11 is 0. The van der Waals surface area contributed by atoms with Crippen LogP contribution in [0.3, 0.4) is 0 Å². The Bertz CT molecular complexity index is 227. The Morgan fingerprint density at radius 3 is 2.00 bits per heavy atom. The largest absolute Gasteiger partial charge is 0.508 e. The lowest BCUT2D eigenvalue weighted by molar-refractivity contribution is -0.104. The molecule has 2 heteroatoms. The summed E-state index contributed by atoms with van der Waals surface area (Å²) in [6.07, 6.45) is 3.88. The lowest BCUT2D eigenvalue weighted by Gasteiger charge is -1.82. The van der Waals surface area contributed by atoms with Crippen molar-refractivity contribution >= 4 is 6.29 Å². The van der Waals surface area contributed by atoms with Crippen molar-refractivity contribution in [1.29, 1.82) is 0 Å². The van der Waals surface area contributed by atoms with E-state index in [0.717, 1.165) is 6.29 Å². The predicted octanol–water partition coefficient (Wildman–Crippen LogP) is 2.15. The van der Waals surface area contributed by atoms with Crippen molar-refractivity contribution in [3.63, 3.8) is 0 Å². The van der Waals surface area contributed by atoms with E-state index in [4.69, 9.17) is 5.11 Å². The molecule has 0 aromatic heterocycles. The second-order valence-corrected chi connectivity index (χ2v) is 2.00. The van der Waals surface area contributed by atoms with Crippen molar-refractivity contribution in [2.24, 2.45) is 0 Å². The molecule has 0 amide bonds. The summed E-state index contributed by atoms with van der Waals surface area (Å²) in [6.45, 7) is 1.80. The maximum Gasteiger partial charge on any atom is 0.142 e. The van der Waals surface area contributed by atoms with Crippen molar-refractivity contribution in [3.05, 3.63) is 42.5 Å². The van der Waals surface area contributed by atoms with Crippen molar-refractivity contribution in [3.8, 4) is 5.75 Å². The molecule has 0 fully saturated rings. The van der Waals surface area contributed by atoms with E-state index in [-0.39, 0.29) is 0 Å². The van der Waals surface area contributed by atoms with E-state index in [1.165, 1.54) is 6.08 Å². The molecule has 0 aliphatic rings. The topological polar surface area (TPSA) is 37.3 Å². The third kappa shape index (κ3) is 6.55. The number of hydrogen-bond acceptors (Lipinski definition) is 2. The van der Waals surface area contributed by atoms with Crippen LogP contribution in [-0.2, 0) is 4.79 Å². The number of phenols is 1. The average Bonchev–Trinajstić information content (AvgIpc) is 2.08. The van der Waals surface area contributed by atoms with Crippen molar-refractivity contribution < 1.29 is 9.90 Å². The van der Waals surface area contributed by atoms with E-state index in [2.05, 4.69) is 0 Å². The van der Waals surface area contributed by atoms with Crippen molar-refractivity contribution in [1.82, 2.24) is 0 Å². The Hall–Kier alpha value is -1.57. The van der Waals surface area contributed by atoms with Crippen LogP contribution in [0.25, 0.3) is 0 Å². The molecule has 1 aromatic carbocycles. The zero-order chi connectivity index (χ0) is 9.23. The molecule has 0 spiro atoms. The zero-order valence-corrected chi connectivity index (χ0v) is 6.97. The molecular formula is C10H12O2. The Labute approximate surface area is 72.2 Å². The van der Waals surface area contributed by atoms with Crippen LogP contribution in [-0.4, -0.2) is 11.4 Å². The quantitative estimate of drug-likeness (QED) is 0.510. The predicted molar refractivity (Wildman–Crippen MR) is 49.0 cm³/mol. The normalized spacial score (nSPS) is 8.75. The molecule has 0 unspecified atom stereocenters. The summed E-state index contributed by atoms with van der Waals surface area (Å²) in [5.74, 6) is 0.322. The number of hydrogen-bond donors (Lipinski definition) is 1. The van der Waals surface area contributed by atoms with Gasteiger partial charge in [0.15, 0.2) is 0 Å². The third-order valence-corrected chi connectivity index (χ3v) is 1.03. The standard InChI is InChI=1S/C6H6O.C4H6O/c7-6-4-2-1-3-5-6;1-2-3-4-5/h1-5,7H;2-4H,1H3. The van der Waals surface area contributed by atoms with Crippen LogP contribution in [0.2, 0.25) is 0 Å². The van der Waals surface area contributed by atoms with Gasteiger partial charge in [-0.05, 0) is 25.1 Å². The van der Waals surface area contributed by atoms with Crippen molar-refractivity contribution in [2.45, 2.75) is 6.92 Å². The summed E-state index contributed by atoms with van der Waals surface area (Å²) in [6, 6.07) is 8.71. The molecule has 0 aliphatic heterocycles. The first-order chi connectivity index (χ1) is 5.81. The van der Waals surface area contributed by atoms with Gasteiger partial charge in [0.2, 0.25) is 0 Å². The maximum absolute atomic E-state index is 9.32. The number of carbonyl (C=O) groups excluding carboxylic acids is 1. The second kappa shape index (κ2) is 7.54. The number of phenolic OH excluding ortho intramolecular Hbond substituents is 1. The van der Waals surface area contributed by atoms with Crippen LogP contribution in [0.4, 0.5) is 0 Å². The first-order valence-electron chi connectivity index (χ1n) is 3.61. The third-order valence-electron chi connectivity index (χ3n) is 1.03. The van der Waals surface area contributed by atoms with Gasteiger partial charge in [-0.2, -0.15) is 0 Å². The first kappa shape index (κ1) is 10.4. The molecular weight excluding hydrogens is 152 g/mol. The van der Waals surface area contributed by atoms with E-state index < -0.39 is 0 Å². The van der Waals surface area contributed by atoms with Gasteiger partial charge in [0, 0.05) is 0 Å². The molecule has 1 N–H and O–H groups in total. The highest BCUT2D eigenvalue weighted by atomic mass is 16.3. The first-order valence-corrected chi connectivity index (χ1v) is 3.61. The number of aldehydes is 1. The fourth-order valence-electron chi connectivity index (χ4n) is 0.507. The highest BCUT2D eigenvalue weighted by molar-refractivity contribution is 5.64. The minimum absolute atomic E-state index is 0.322. The van der Waals surface area contributed by atoms with Crippen LogP contribution >= 0.6 is 0 Å². The van der Waals surface area contributed by atoms with Gasteiger partial charge >= 0.3 is 0 Å². The van der Waals surface area contributed by atoms with E-state index >= 15 is 0 Å². The fraction of sp³-hybridized carbons (Fsp3) is 0.100. The summed E-state index contributed by atoms with van der Waals surface area (Å²) in [5.41, 5.74) is 0. The van der Waals surface area contributed by atoms with Gasteiger partial charge in [-0.15, -0.1) is 0 Å². The monoisotopic (exact) mass is 164 g/mol. The minimum atomic E-state index is 0.322. The SMILES string of the molecule is CC=CC=O.Oc1ccccc1. The number of allylic oxidation sites excluding steroid dienone is 2. The highest BCUT2D eigenvalue weighted by Gasteiger charge is 1.74. The molecule has 0 saturated heterocycles. The Morgan fingerprint density at radius 2 is 1.83 bits per heavy atom. The highest BCUT2D eigenvalue weighted by Crippen LogP contribution is 2.02. The summed E-state index contributed by atoms with van der Waals surface area (Å²) in [5, 5.41) is 8.63. The molecule has 2 nitrogen and oxygen atoms in total. The Kier molecular flexibility index (Phi) is 6.55. The minimum Gasteiger partial charge on any atom is -0.508 e. The lowest BCUT2D eigenvalue weighted by Crippen LogP contribution is -1.56. The molecule has 0 saturated carbocycles. The zero-order valence-electron chi connectivity index (χ0n) is 6.97. The Balaban J connectivity index is 0.000000217. The van der Waals surface area contributed by atoms with Gasteiger partial charge in [-0.25, -0.2) is 0 Å². The van der Waals surface area contributed by atoms with Gasteiger partial charge in [0.25, 0.3) is 0 Å². The van der Waals surface area contributed by atoms with Crippen LogP contribution < -0.4 is 0 Å². The fourth-order valence-corrected chi connectivity index (χ4v) is 0.507. The smallest absolute Gasteiger partial charge is 0.142 e. The molecule has 64 valence electrons. The van der Waals surface area contributed by atoms with Gasteiger partial charge in [0.05, 0.1) is 0 Å². The number of para-hydroxylation sites is 1. The summed E-state index contributed by atoms with van der Waals surface area (Å²) < 4.78 is 0. The van der Waals surface area contributed by atoms with Gasteiger partial charge < -0.3 is 5.11 Å². The van der Waals surface area contributed by atoms with Gasteiger partial charge in [-0.3, -0.25) is 4.79 Å². The number of rotatable bonds is 1. The van der Waals surface area contributed by atoms with Gasteiger partial charge in [0.1, 0.15) is 12.0 Å². The molecule has 12 heavy (non-hydrogen) atoms. The number of aromatic hydroxyl groups is 1. The van der Waals surface area contributed by atoms with Crippen LogP contribution in [0.1, 0.15) is 6.92 Å². The maximum atomic E-state index is 9.32. The van der Waals surface area contributed by atoms with E-state index in [9.17, 15) is 4.79 Å². The molecule has 1 rings (SSSR count). The molecule has 0 bridgehead atoms. The van der Waals surface area contributed by atoms with Crippen LogP contribution in [0.5, 0.6) is 5.75 Å². The molecule has 0 radical (unpaired) electrons. The van der Waals surface area contributed by atoms with Crippen LogP contribution in [0.15, 0.2) is 42.5 Å². The van der Waals surface area contributed by atoms with E-state index in [1.807, 2.05) is 6.07 Å². The second-order valence-electron chi connectivity index (χ2n) is 2.00. The number of carbonyl (C=O) groups is 1. The number of benzene rings is 1. The Morgan fingerprint density at radius 1 is 1.25 bits per heavy atom. The van der Waals surface area contributed by atoms with Crippen LogP contribution in [0, 0.1) is 0 Å². The molecule has 1 aromatic rings. The van der Waals surface area contributed by atoms with Gasteiger partial charge in [-0.1, -0.05) is 24.3 Å². The molecule has 0 atom stereocenters. The lowest BCUT2D eigenvalue weighted by atomic mass is 10.3.